The first kappa shape index (κ1) is 13.9. The van der Waals surface area contributed by atoms with Crippen LogP contribution in [0.2, 0.25) is 0 Å². The van der Waals surface area contributed by atoms with Crippen LogP contribution in [0.25, 0.3) is 0 Å². The predicted molar refractivity (Wildman–Crippen MR) is 76.5 cm³/mol. The summed E-state index contributed by atoms with van der Waals surface area (Å²) in [6.45, 7) is 0. The number of hydrogen-bond acceptors (Lipinski definition) is 4. The molecular formula is C13H14BrFN4. The van der Waals surface area contributed by atoms with Gasteiger partial charge in [-0.3, -0.25) is 16.3 Å². The summed E-state index contributed by atoms with van der Waals surface area (Å²) in [5.74, 6) is 5.20. The van der Waals surface area contributed by atoms with Crippen LogP contribution in [0.15, 0.2) is 41.1 Å². The molecule has 1 aromatic carbocycles. The smallest absolute Gasteiger partial charge is 0.129 e. The van der Waals surface area contributed by atoms with E-state index in [2.05, 4.69) is 26.3 Å². The van der Waals surface area contributed by atoms with Gasteiger partial charge in [-0.25, -0.2) is 4.39 Å². The van der Waals surface area contributed by atoms with Crippen molar-refractivity contribution in [3.63, 3.8) is 0 Å². The first-order chi connectivity index (χ1) is 9.11. The minimum absolute atomic E-state index is 0.320. The van der Waals surface area contributed by atoms with Crippen LogP contribution in [0.1, 0.15) is 17.2 Å². The molecule has 2 rings (SSSR count). The highest BCUT2D eigenvalue weighted by molar-refractivity contribution is 9.10. The number of hydrazine groups is 1. The van der Waals surface area contributed by atoms with Crippen molar-refractivity contribution < 1.29 is 4.39 Å². The van der Waals surface area contributed by atoms with Gasteiger partial charge in [-0.2, -0.15) is 0 Å². The lowest BCUT2D eigenvalue weighted by atomic mass is 9.99. The molecular weight excluding hydrogens is 311 g/mol. The second kappa shape index (κ2) is 6.10. The molecule has 0 fully saturated rings. The molecule has 1 atom stereocenters. The molecule has 0 aliphatic carbocycles. The average Bonchev–Trinajstić information content (AvgIpc) is 2.39. The molecule has 0 aliphatic heterocycles. The van der Waals surface area contributed by atoms with E-state index in [1.807, 2.05) is 0 Å². The highest BCUT2D eigenvalue weighted by atomic mass is 79.9. The third kappa shape index (κ3) is 3.28. The quantitative estimate of drug-likeness (QED) is 0.595. The Labute approximate surface area is 119 Å². The van der Waals surface area contributed by atoms with E-state index in [1.165, 1.54) is 6.07 Å². The van der Waals surface area contributed by atoms with E-state index in [4.69, 9.17) is 11.6 Å². The van der Waals surface area contributed by atoms with E-state index in [0.717, 1.165) is 5.56 Å². The van der Waals surface area contributed by atoms with Crippen molar-refractivity contribution in [1.29, 1.82) is 0 Å². The van der Waals surface area contributed by atoms with E-state index in [-0.39, 0.29) is 11.9 Å². The summed E-state index contributed by atoms with van der Waals surface area (Å²) in [7, 11) is 0. The maximum atomic E-state index is 13.9. The Kier molecular flexibility index (Phi) is 4.47. The summed E-state index contributed by atoms with van der Waals surface area (Å²) >= 11 is 3.22. The van der Waals surface area contributed by atoms with Crippen LogP contribution in [0, 0.1) is 5.82 Å². The molecule has 19 heavy (non-hydrogen) atoms. The first-order valence-electron chi connectivity index (χ1n) is 5.71. The number of hydrogen-bond donors (Lipinski definition) is 3. The van der Waals surface area contributed by atoms with Crippen LogP contribution in [-0.4, -0.2) is 4.98 Å². The Hall–Kier alpha value is -1.50. The number of pyridine rings is 1. The van der Waals surface area contributed by atoms with Gasteiger partial charge < -0.3 is 5.73 Å². The molecule has 0 saturated carbocycles. The summed E-state index contributed by atoms with van der Waals surface area (Å²) in [6.07, 6.45) is 3.75. The Balaban J connectivity index is 2.28. The summed E-state index contributed by atoms with van der Waals surface area (Å²) in [6, 6.07) is 6.22. The molecule has 2 aromatic rings. The predicted octanol–water partition coefficient (Wildman–Crippen LogP) is 2.31. The van der Waals surface area contributed by atoms with Crippen LogP contribution in [0.5, 0.6) is 0 Å². The van der Waals surface area contributed by atoms with E-state index in [1.54, 1.807) is 30.6 Å². The number of nitrogen functional groups attached to an aromatic ring is 1. The Morgan fingerprint density at radius 3 is 2.79 bits per heavy atom. The number of benzene rings is 1. The van der Waals surface area contributed by atoms with E-state index < -0.39 is 0 Å². The van der Waals surface area contributed by atoms with Crippen LogP contribution < -0.4 is 17.0 Å². The van der Waals surface area contributed by atoms with Crippen molar-refractivity contribution in [1.82, 2.24) is 10.4 Å². The third-order valence-corrected chi connectivity index (χ3v) is 3.40. The molecule has 0 aliphatic rings. The molecule has 1 unspecified atom stereocenters. The second-order valence-corrected chi connectivity index (χ2v) is 5.08. The molecule has 0 saturated heterocycles. The summed E-state index contributed by atoms with van der Waals surface area (Å²) in [4.78, 5) is 4.01. The van der Waals surface area contributed by atoms with Gasteiger partial charge in [0.2, 0.25) is 0 Å². The molecule has 1 aromatic heterocycles. The zero-order valence-electron chi connectivity index (χ0n) is 10.1. The van der Waals surface area contributed by atoms with Gasteiger partial charge in [-0.05, 0) is 30.2 Å². The number of nitrogens with one attached hydrogen (secondary N) is 1. The van der Waals surface area contributed by atoms with Gasteiger partial charge in [0.15, 0.2) is 0 Å². The van der Waals surface area contributed by atoms with Gasteiger partial charge in [0.25, 0.3) is 0 Å². The van der Waals surface area contributed by atoms with Crippen molar-refractivity contribution in [2.75, 3.05) is 5.73 Å². The zero-order chi connectivity index (χ0) is 13.8. The number of nitrogens with two attached hydrogens (primary N) is 2. The lowest BCUT2D eigenvalue weighted by molar-refractivity contribution is 0.510. The highest BCUT2D eigenvalue weighted by Crippen LogP contribution is 2.25. The van der Waals surface area contributed by atoms with Crippen LogP contribution >= 0.6 is 15.9 Å². The number of halogens is 2. The van der Waals surface area contributed by atoms with Crippen LogP contribution in [0.3, 0.4) is 0 Å². The number of rotatable bonds is 4. The van der Waals surface area contributed by atoms with Crippen molar-refractivity contribution in [3.8, 4) is 0 Å². The van der Waals surface area contributed by atoms with Gasteiger partial charge in [0.1, 0.15) is 5.82 Å². The SMILES string of the molecule is NNC(Cc1cnccc1N)c1ccc(Br)cc1F. The maximum absolute atomic E-state index is 13.9. The van der Waals surface area contributed by atoms with Crippen molar-refractivity contribution in [2.45, 2.75) is 12.5 Å². The van der Waals surface area contributed by atoms with Gasteiger partial charge in [-0.15, -0.1) is 0 Å². The minimum Gasteiger partial charge on any atom is -0.398 e. The van der Waals surface area contributed by atoms with Crippen molar-refractivity contribution in [3.05, 3.63) is 58.1 Å². The standard InChI is InChI=1S/C13H14BrFN4/c14-9-1-2-10(11(15)6-9)13(19-17)5-8-7-18-4-3-12(8)16/h1-4,6-7,13,19H,5,17H2,(H2,16,18). The number of aromatic nitrogens is 1. The lowest BCUT2D eigenvalue weighted by Crippen LogP contribution is -2.30. The van der Waals surface area contributed by atoms with Gasteiger partial charge in [-0.1, -0.05) is 22.0 Å². The maximum Gasteiger partial charge on any atom is 0.129 e. The lowest BCUT2D eigenvalue weighted by Gasteiger charge is -2.18. The van der Waals surface area contributed by atoms with Gasteiger partial charge in [0, 0.05) is 28.1 Å². The molecule has 0 radical (unpaired) electrons. The van der Waals surface area contributed by atoms with Gasteiger partial charge in [0.05, 0.1) is 6.04 Å². The molecule has 0 amide bonds. The zero-order valence-corrected chi connectivity index (χ0v) is 11.7. The normalized spacial score (nSPS) is 12.4. The fourth-order valence-electron chi connectivity index (χ4n) is 1.87. The number of nitrogens with zero attached hydrogens (tertiary/aromatic N) is 1. The molecule has 100 valence electrons. The van der Waals surface area contributed by atoms with E-state index in [9.17, 15) is 4.39 Å². The van der Waals surface area contributed by atoms with E-state index in [0.29, 0.717) is 22.1 Å². The average molecular weight is 325 g/mol. The largest absolute Gasteiger partial charge is 0.398 e. The summed E-state index contributed by atoms with van der Waals surface area (Å²) < 4.78 is 14.6. The van der Waals surface area contributed by atoms with E-state index >= 15 is 0 Å². The van der Waals surface area contributed by atoms with Gasteiger partial charge >= 0.3 is 0 Å². The molecule has 0 spiro atoms. The Bertz CT molecular complexity index is 576. The monoisotopic (exact) mass is 324 g/mol. The fourth-order valence-corrected chi connectivity index (χ4v) is 2.20. The molecule has 6 heteroatoms. The second-order valence-electron chi connectivity index (χ2n) is 4.16. The molecule has 4 nitrogen and oxygen atoms in total. The fraction of sp³-hybridized carbons (Fsp3) is 0.154. The Morgan fingerprint density at radius 1 is 1.37 bits per heavy atom. The Morgan fingerprint density at radius 2 is 2.16 bits per heavy atom. The topological polar surface area (TPSA) is 77.0 Å². The van der Waals surface area contributed by atoms with Crippen molar-refractivity contribution in [2.24, 2.45) is 5.84 Å². The van der Waals surface area contributed by atoms with Crippen LogP contribution in [-0.2, 0) is 6.42 Å². The molecule has 1 heterocycles. The highest BCUT2D eigenvalue weighted by Gasteiger charge is 2.16. The van der Waals surface area contributed by atoms with Crippen molar-refractivity contribution >= 4 is 21.6 Å². The molecule has 0 bridgehead atoms. The molecule has 5 N–H and O–H groups in total. The summed E-state index contributed by atoms with van der Waals surface area (Å²) in [5.41, 5.74) is 10.4. The third-order valence-electron chi connectivity index (χ3n) is 2.90. The minimum atomic E-state index is -0.361. The number of anilines is 1. The van der Waals surface area contributed by atoms with Crippen LogP contribution in [0.4, 0.5) is 10.1 Å². The first-order valence-corrected chi connectivity index (χ1v) is 6.50. The summed E-state index contributed by atoms with van der Waals surface area (Å²) in [5, 5.41) is 0.